The van der Waals surface area contributed by atoms with Crippen LogP contribution < -0.4 is 11.1 Å². The monoisotopic (exact) mass is 239 g/mol. The summed E-state index contributed by atoms with van der Waals surface area (Å²) in [5.74, 6) is 0.563. The van der Waals surface area contributed by atoms with Crippen LogP contribution in [0, 0.1) is 0 Å². The summed E-state index contributed by atoms with van der Waals surface area (Å²) in [4.78, 5) is 4.07. The first-order valence-corrected chi connectivity index (χ1v) is 6.89. The summed E-state index contributed by atoms with van der Waals surface area (Å²) in [6.45, 7) is 5.44. The van der Waals surface area contributed by atoms with Gasteiger partial charge in [0.05, 0.1) is 11.9 Å². The van der Waals surface area contributed by atoms with Gasteiger partial charge in [-0.3, -0.25) is 0 Å². The van der Waals surface area contributed by atoms with Gasteiger partial charge in [0.1, 0.15) is 5.82 Å². The van der Waals surface area contributed by atoms with Crippen molar-refractivity contribution in [1.82, 2.24) is 4.98 Å². The van der Waals surface area contributed by atoms with Crippen LogP contribution in [0.1, 0.15) is 26.7 Å². The first-order valence-electron chi connectivity index (χ1n) is 5.66. The minimum absolute atomic E-state index is 0.321. The van der Waals surface area contributed by atoms with Crippen LogP contribution in [0.5, 0.6) is 0 Å². The molecule has 0 spiro atoms. The summed E-state index contributed by atoms with van der Waals surface area (Å²) < 4.78 is 0.321. The molecular formula is C12H21N3S. The molecule has 0 fully saturated rings. The summed E-state index contributed by atoms with van der Waals surface area (Å²) in [5.41, 5.74) is 6.58. The molecule has 0 saturated carbocycles. The van der Waals surface area contributed by atoms with Gasteiger partial charge in [0.15, 0.2) is 0 Å². The van der Waals surface area contributed by atoms with Crippen LogP contribution in [0.15, 0.2) is 18.3 Å². The second kappa shape index (κ2) is 5.99. The highest BCUT2D eigenvalue weighted by Crippen LogP contribution is 2.30. The molecule has 1 rings (SSSR count). The zero-order chi connectivity index (χ0) is 12.0. The van der Waals surface area contributed by atoms with Crippen molar-refractivity contribution in [1.29, 1.82) is 0 Å². The van der Waals surface area contributed by atoms with Crippen molar-refractivity contribution < 1.29 is 0 Å². The minimum atomic E-state index is 0.321. The summed E-state index contributed by atoms with van der Waals surface area (Å²) in [6, 6.07) is 3.79. The van der Waals surface area contributed by atoms with Gasteiger partial charge in [0, 0.05) is 11.3 Å². The zero-order valence-electron chi connectivity index (χ0n) is 10.3. The quantitative estimate of drug-likeness (QED) is 0.801. The van der Waals surface area contributed by atoms with Crippen LogP contribution >= 0.6 is 11.8 Å². The predicted molar refractivity (Wildman–Crippen MR) is 74.0 cm³/mol. The molecule has 0 atom stereocenters. The van der Waals surface area contributed by atoms with Crippen molar-refractivity contribution in [3.8, 4) is 0 Å². The highest BCUT2D eigenvalue weighted by atomic mass is 32.2. The molecule has 90 valence electrons. The van der Waals surface area contributed by atoms with E-state index in [1.165, 1.54) is 12.8 Å². The second-order valence-electron chi connectivity index (χ2n) is 3.92. The van der Waals surface area contributed by atoms with Crippen LogP contribution in [0.4, 0.5) is 11.5 Å². The Bertz CT molecular complexity index is 298. The molecule has 1 aromatic rings. The maximum Gasteiger partial charge on any atom is 0.123 e. The highest BCUT2D eigenvalue weighted by Gasteiger charge is 2.24. The van der Waals surface area contributed by atoms with Crippen molar-refractivity contribution in [3.05, 3.63) is 18.3 Å². The van der Waals surface area contributed by atoms with Gasteiger partial charge < -0.3 is 11.1 Å². The Hall–Kier alpha value is -0.900. The molecule has 0 aliphatic rings. The summed E-state index contributed by atoms with van der Waals surface area (Å²) in [7, 11) is 0. The van der Waals surface area contributed by atoms with E-state index in [0.717, 1.165) is 12.2 Å². The van der Waals surface area contributed by atoms with Gasteiger partial charge in [-0.2, -0.15) is 11.8 Å². The van der Waals surface area contributed by atoms with Gasteiger partial charge in [0.2, 0.25) is 0 Å². The number of thioether (sulfide) groups is 1. The van der Waals surface area contributed by atoms with Crippen molar-refractivity contribution in [2.45, 2.75) is 31.4 Å². The molecule has 4 heteroatoms. The molecule has 0 saturated heterocycles. The van der Waals surface area contributed by atoms with Gasteiger partial charge in [-0.25, -0.2) is 4.98 Å². The van der Waals surface area contributed by atoms with E-state index in [9.17, 15) is 0 Å². The number of anilines is 2. The Morgan fingerprint density at radius 1 is 1.38 bits per heavy atom. The summed E-state index contributed by atoms with van der Waals surface area (Å²) >= 11 is 1.93. The standard InChI is InChI=1S/C12H21N3S/c1-4-12(5-2,16-3)9-15-10-6-7-11(13)14-8-10/h6-8,15H,4-5,9H2,1-3H3,(H2,13,14). The number of nitrogen functional groups attached to an aromatic ring is 1. The van der Waals surface area contributed by atoms with E-state index in [2.05, 4.69) is 30.4 Å². The molecule has 0 aliphatic carbocycles. The van der Waals surface area contributed by atoms with Crippen molar-refractivity contribution in [2.75, 3.05) is 23.9 Å². The molecule has 0 unspecified atom stereocenters. The molecular weight excluding hydrogens is 218 g/mol. The largest absolute Gasteiger partial charge is 0.384 e. The van der Waals surface area contributed by atoms with Gasteiger partial charge in [-0.1, -0.05) is 13.8 Å². The van der Waals surface area contributed by atoms with Gasteiger partial charge in [-0.05, 0) is 31.2 Å². The smallest absolute Gasteiger partial charge is 0.123 e. The molecule has 0 aliphatic heterocycles. The molecule has 0 aromatic carbocycles. The molecule has 3 nitrogen and oxygen atoms in total. The third-order valence-corrected chi connectivity index (χ3v) is 4.71. The molecule has 3 N–H and O–H groups in total. The number of hydrogen-bond acceptors (Lipinski definition) is 4. The second-order valence-corrected chi connectivity index (χ2v) is 5.19. The minimum Gasteiger partial charge on any atom is -0.384 e. The maximum absolute atomic E-state index is 5.54. The Kier molecular flexibility index (Phi) is 4.93. The van der Waals surface area contributed by atoms with E-state index in [0.29, 0.717) is 10.6 Å². The summed E-state index contributed by atoms with van der Waals surface area (Å²) in [6.07, 6.45) is 6.29. The Labute approximate surface area is 102 Å². The van der Waals surface area contributed by atoms with Gasteiger partial charge in [0.25, 0.3) is 0 Å². The van der Waals surface area contributed by atoms with Crippen LogP contribution in [0.25, 0.3) is 0 Å². The van der Waals surface area contributed by atoms with Crippen LogP contribution in [0.2, 0.25) is 0 Å². The zero-order valence-corrected chi connectivity index (χ0v) is 11.1. The Morgan fingerprint density at radius 2 is 2.06 bits per heavy atom. The number of rotatable bonds is 6. The first-order chi connectivity index (χ1) is 7.65. The lowest BCUT2D eigenvalue weighted by Gasteiger charge is -2.30. The highest BCUT2D eigenvalue weighted by molar-refractivity contribution is 8.00. The van der Waals surface area contributed by atoms with Crippen molar-refractivity contribution in [3.63, 3.8) is 0 Å². The van der Waals surface area contributed by atoms with Gasteiger partial charge in [-0.15, -0.1) is 0 Å². The van der Waals surface area contributed by atoms with Crippen LogP contribution in [-0.2, 0) is 0 Å². The normalized spacial score (nSPS) is 11.4. The number of nitrogens with zero attached hydrogens (tertiary/aromatic N) is 1. The number of nitrogens with two attached hydrogens (primary N) is 1. The maximum atomic E-state index is 5.54. The first kappa shape index (κ1) is 13.2. The van der Waals surface area contributed by atoms with E-state index in [1.54, 1.807) is 6.20 Å². The lowest BCUT2D eigenvalue weighted by atomic mass is 10.0. The number of hydrogen-bond donors (Lipinski definition) is 2. The lowest BCUT2D eigenvalue weighted by Crippen LogP contribution is -2.31. The van der Waals surface area contributed by atoms with E-state index < -0.39 is 0 Å². The third kappa shape index (κ3) is 3.30. The summed E-state index contributed by atoms with van der Waals surface area (Å²) in [5, 5.41) is 3.43. The van der Waals surface area contributed by atoms with E-state index in [4.69, 9.17) is 5.73 Å². The topological polar surface area (TPSA) is 50.9 Å². The van der Waals surface area contributed by atoms with E-state index in [1.807, 2.05) is 23.9 Å². The van der Waals surface area contributed by atoms with Crippen molar-refractivity contribution in [2.24, 2.45) is 0 Å². The predicted octanol–water partition coefficient (Wildman–Crippen LogP) is 3.00. The fourth-order valence-corrected chi connectivity index (χ4v) is 2.43. The number of aromatic nitrogens is 1. The molecule has 1 aromatic heterocycles. The van der Waals surface area contributed by atoms with Crippen molar-refractivity contribution >= 4 is 23.3 Å². The average molecular weight is 239 g/mol. The molecule has 0 bridgehead atoms. The lowest BCUT2D eigenvalue weighted by molar-refractivity contribution is 0.574. The molecule has 1 heterocycles. The van der Waals surface area contributed by atoms with Crippen LogP contribution in [-0.4, -0.2) is 22.5 Å². The molecule has 0 radical (unpaired) electrons. The number of pyridine rings is 1. The van der Waals surface area contributed by atoms with E-state index in [-0.39, 0.29) is 0 Å². The van der Waals surface area contributed by atoms with Crippen LogP contribution in [0.3, 0.4) is 0 Å². The third-order valence-electron chi connectivity index (χ3n) is 3.12. The number of nitrogens with one attached hydrogen (secondary N) is 1. The Morgan fingerprint density at radius 3 is 2.50 bits per heavy atom. The SMILES string of the molecule is CCC(CC)(CNc1ccc(N)nc1)SC. The van der Waals surface area contributed by atoms with E-state index >= 15 is 0 Å². The average Bonchev–Trinajstić information content (AvgIpc) is 2.34. The fourth-order valence-electron chi connectivity index (χ4n) is 1.63. The fraction of sp³-hybridized carbons (Fsp3) is 0.583. The molecule has 0 amide bonds. The van der Waals surface area contributed by atoms with Gasteiger partial charge >= 0.3 is 0 Å². The molecule has 16 heavy (non-hydrogen) atoms. The Balaban J connectivity index is 2.58.